The van der Waals surface area contributed by atoms with Crippen LogP contribution in [0.3, 0.4) is 0 Å². The Morgan fingerprint density at radius 3 is 2.11 bits per heavy atom. The van der Waals surface area contributed by atoms with Crippen LogP contribution in [0.5, 0.6) is 0 Å². The van der Waals surface area contributed by atoms with E-state index in [-0.39, 0.29) is 30.0 Å². The highest BCUT2D eigenvalue weighted by Crippen LogP contribution is 2.30. The van der Waals surface area contributed by atoms with Crippen LogP contribution in [0.15, 0.2) is 0 Å². The van der Waals surface area contributed by atoms with Crippen LogP contribution in [-0.2, 0) is 14.3 Å². The highest BCUT2D eigenvalue weighted by atomic mass is 16.5. The Balaban J connectivity index is 2.51. The summed E-state index contributed by atoms with van der Waals surface area (Å²) in [5.74, 6) is -1.68. The van der Waals surface area contributed by atoms with Gasteiger partial charge in [-0.25, -0.2) is 0 Å². The van der Waals surface area contributed by atoms with E-state index >= 15 is 0 Å². The van der Waals surface area contributed by atoms with E-state index in [0.29, 0.717) is 0 Å². The van der Waals surface area contributed by atoms with Gasteiger partial charge in [-0.3, -0.25) is 4.79 Å². The van der Waals surface area contributed by atoms with Crippen molar-refractivity contribution in [2.75, 3.05) is 0 Å². The quantitative estimate of drug-likeness (QED) is 0.735. The molecule has 1 N–H and O–H groups in total. The van der Waals surface area contributed by atoms with E-state index in [1.54, 1.807) is 0 Å². The molecular formula is C13H22NO4-. The molecule has 0 spiro atoms. The van der Waals surface area contributed by atoms with Crippen molar-refractivity contribution in [3.63, 3.8) is 0 Å². The van der Waals surface area contributed by atoms with Crippen molar-refractivity contribution in [2.45, 2.75) is 70.6 Å². The van der Waals surface area contributed by atoms with Gasteiger partial charge >= 0.3 is 5.97 Å². The molecule has 1 aliphatic heterocycles. The van der Waals surface area contributed by atoms with Gasteiger partial charge in [0.2, 0.25) is 0 Å². The third kappa shape index (κ3) is 5.04. The lowest BCUT2D eigenvalue weighted by Gasteiger charge is -2.45. The number of carbonyl (C=O) groups excluding carboxylic acids is 2. The molecule has 0 unspecified atom stereocenters. The SMILES string of the molecule is CC1(C)CC(OC(=O)CCC(=O)[O-])CC(C)(C)N1. The summed E-state index contributed by atoms with van der Waals surface area (Å²) in [5.41, 5.74) is -0.192. The number of hydrogen-bond donors (Lipinski definition) is 1. The number of nitrogens with one attached hydrogen (secondary N) is 1. The average molecular weight is 256 g/mol. The second-order valence-corrected chi connectivity index (χ2v) is 6.28. The molecule has 0 aliphatic carbocycles. The molecule has 1 saturated heterocycles. The van der Waals surface area contributed by atoms with Crippen LogP contribution in [0, 0.1) is 0 Å². The van der Waals surface area contributed by atoms with E-state index in [1.807, 2.05) is 0 Å². The minimum absolute atomic E-state index is 0.0962. The standard InChI is InChI=1S/C13H23NO4/c1-12(2)7-9(8-13(3,4)14-12)18-11(17)6-5-10(15)16/h9,14H,5-8H2,1-4H3,(H,15,16)/p-1. The van der Waals surface area contributed by atoms with E-state index in [9.17, 15) is 14.7 Å². The number of rotatable bonds is 4. The summed E-state index contributed by atoms with van der Waals surface area (Å²) in [4.78, 5) is 21.8. The van der Waals surface area contributed by atoms with Crippen molar-refractivity contribution in [1.29, 1.82) is 0 Å². The Morgan fingerprint density at radius 1 is 1.17 bits per heavy atom. The van der Waals surface area contributed by atoms with E-state index in [2.05, 4.69) is 33.0 Å². The van der Waals surface area contributed by atoms with Crippen LogP contribution in [0.2, 0.25) is 0 Å². The van der Waals surface area contributed by atoms with Crippen molar-refractivity contribution in [2.24, 2.45) is 0 Å². The number of carbonyl (C=O) groups is 2. The molecule has 0 radical (unpaired) electrons. The molecule has 0 aromatic rings. The molecular weight excluding hydrogens is 234 g/mol. The third-order valence-electron chi connectivity index (χ3n) is 2.98. The molecule has 0 amide bonds. The fourth-order valence-electron chi connectivity index (χ4n) is 2.76. The first-order valence-electron chi connectivity index (χ1n) is 6.28. The van der Waals surface area contributed by atoms with E-state index < -0.39 is 11.9 Å². The number of hydrogen-bond acceptors (Lipinski definition) is 5. The Kier molecular flexibility index (Phi) is 4.37. The van der Waals surface area contributed by atoms with Crippen molar-refractivity contribution in [3.05, 3.63) is 0 Å². The fraction of sp³-hybridized carbons (Fsp3) is 0.846. The number of esters is 1. The molecule has 5 heteroatoms. The molecule has 0 atom stereocenters. The largest absolute Gasteiger partial charge is 0.550 e. The number of carboxylic acid groups (broad SMARTS) is 1. The van der Waals surface area contributed by atoms with Gasteiger partial charge in [0.25, 0.3) is 0 Å². The van der Waals surface area contributed by atoms with Gasteiger partial charge in [0.1, 0.15) is 6.10 Å². The average Bonchev–Trinajstić information content (AvgIpc) is 2.09. The van der Waals surface area contributed by atoms with Crippen LogP contribution >= 0.6 is 0 Å². The first-order valence-corrected chi connectivity index (χ1v) is 6.28. The second-order valence-electron chi connectivity index (χ2n) is 6.28. The summed E-state index contributed by atoms with van der Waals surface area (Å²) in [6.07, 6.45) is 0.899. The minimum Gasteiger partial charge on any atom is -0.550 e. The monoisotopic (exact) mass is 256 g/mol. The predicted octanol–water partition coefficient (Wildman–Crippen LogP) is 0.369. The molecule has 0 bridgehead atoms. The maximum Gasteiger partial charge on any atom is 0.306 e. The van der Waals surface area contributed by atoms with Gasteiger partial charge < -0.3 is 20.0 Å². The number of carboxylic acids is 1. The second kappa shape index (κ2) is 5.26. The smallest absolute Gasteiger partial charge is 0.306 e. The van der Waals surface area contributed by atoms with Crippen molar-refractivity contribution < 1.29 is 19.4 Å². The van der Waals surface area contributed by atoms with Gasteiger partial charge in [0.15, 0.2) is 0 Å². The van der Waals surface area contributed by atoms with Crippen LogP contribution in [0.25, 0.3) is 0 Å². The Morgan fingerprint density at radius 2 is 1.67 bits per heavy atom. The van der Waals surface area contributed by atoms with Gasteiger partial charge in [-0.15, -0.1) is 0 Å². The number of piperidine rings is 1. The maximum absolute atomic E-state index is 11.5. The number of ether oxygens (including phenoxy) is 1. The molecule has 1 fully saturated rings. The van der Waals surface area contributed by atoms with Crippen LogP contribution < -0.4 is 10.4 Å². The van der Waals surface area contributed by atoms with Crippen molar-refractivity contribution >= 4 is 11.9 Å². The van der Waals surface area contributed by atoms with Crippen LogP contribution in [-0.4, -0.2) is 29.1 Å². The molecule has 18 heavy (non-hydrogen) atoms. The molecule has 104 valence electrons. The summed E-state index contributed by atoms with van der Waals surface area (Å²) in [5, 5.41) is 13.8. The van der Waals surface area contributed by atoms with E-state index in [4.69, 9.17) is 4.74 Å². The third-order valence-corrected chi connectivity index (χ3v) is 2.98. The van der Waals surface area contributed by atoms with Gasteiger partial charge in [0.05, 0.1) is 6.42 Å². The number of aliphatic carboxylic acids is 1. The molecule has 5 nitrogen and oxygen atoms in total. The molecule has 0 aromatic carbocycles. The topological polar surface area (TPSA) is 78.5 Å². The summed E-state index contributed by atoms with van der Waals surface area (Å²) < 4.78 is 5.34. The lowest BCUT2D eigenvalue weighted by Crippen LogP contribution is -2.59. The summed E-state index contributed by atoms with van der Waals surface area (Å²) in [6.45, 7) is 8.26. The highest BCUT2D eigenvalue weighted by Gasteiger charge is 2.39. The minimum atomic E-state index is -1.22. The lowest BCUT2D eigenvalue weighted by molar-refractivity contribution is -0.305. The Labute approximate surface area is 108 Å². The first-order chi connectivity index (χ1) is 8.10. The predicted molar refractivity (Wildman–Crippen MR) is 64.6 cm³/mol. The van der Waals surface area contributed by atoms with Crippen LogP contribution in [0.1, 0.15) is 53.4 Å². The zero-order chi connectivity index (χ0) is 14.0. The fourth-order valence-corrected chi connectivity index (χ4v) is 2.76. The van der Waals surface area contributed by atoms with Crippen LogP contribution in [0.4, 0.5) is 0 Å². The van der Waals surface area contributed by atoms with Gasteiger partial charge in [-0.2, -0.15) is 0 Å². The zero-order valence-electron chi connectivity index (χ0n) is 11.5. The highest BCUT2D eigenvalue weighted by molar-refractivity contribution is 5.75. The normalized spacial score (nSPS) is 22.4. The molecule has 0 saturated carbocycles. The van der Waals surface area contributed by atoms with Crippen molar-refractivity contribution in [3.8, 4) is 0 Å². The maximum atomic E-state index is 11.5. The van der Waals surface area contributed by atoms with Gasteiger partial charge in [0, 0.05) is 29.9 Å². The Bertz CT molecular complexity index is 320. The molecule has 1 aliphatic rings. The summed E-state index contributed by atoms with van der Waals surface area (Å²) in [6, 6.07) is 0. The van der Waals surface area contributed by atoms with Gasteiger partial charge in [-0.05, 0) is 34.1 Å². The Hall–Kier alpha value is -1.10. The summed E-state index contributed by atoms with van der Waals surface area (Å²) in [7, 11) is 0. The summed E-state index contributed by atoms with van der Waals surface area (Å²) >= 11 is 0. The zero-order valence-corrected chi connectivity index (χ0v) is 11.5. The first kappa shape index (κ1) is 15.0. The molecule has 1 heterocycles. The van der Waals surface area contributed by atoms with Gasteiger partial charge in [-0.1, -0.05) is 0 Å². The molecule has 0 aromatic heterocycles. The lowest BCUT2D eigenvalue weighted by atomic mass is 9.81. The van der Waals surface area contributed by atoms with E-state index in [1.165, 1.54) is 0 Å². The van der Waals surface area contributed by atoms with Crippen molar-refractivity contribution in [1.82, 2.24) is 5.32 Å². The van der Waals surface area contributed by atoms with E-state index in [0.717, 1.165) is 12.8 Å². The molecule has 1 rings (SSSR count).